The first-order valence-corrected chi connectivity index (χ1v) is 9.14. The van der Waals surface area contributed by atoms with Crippen molar-refractivity contribution in [1.29, 1.82) is 0 Å². The van der Waals surface area contributed by atoms with Crippen LogP contribution < -0.4 is 4.90 Å². The van der Waals surface area contributed by atoms with Gasteiger partial charge in [0.1, 0.15) is 11.6 Å². The maximum Gasteiger partial charge on any atom is 0.506 e. The Morgan fingerprint density at radius 1 is 1.00 bits per heavy atom. The van der Waals surface area contributed by atoms with Gasteiger partial charge >= 0.3 is 11.9 Å². The summed E-state index contributed by atoms with van der Waals surface area (Å²) in [5.74, 6) is 5.30. The molecule has 1 atom stereocenters. The Morgan fingerprint density at radius 3 is 2.50 bits per heavy atom. The van der Waals surface area contributed by atoms with Crippen molar-refractivity contribution in [2.45, 2.75) is 0 Å². The highest BCUT2D eigenvalue weighted by atomic mass is 35.5. The lowest BCUT2D eigenvalue weighted by Gasteiger charge is -2.25. The van der Waals surface area contributed by atoms with Crippen LogP contribution in [0.5, 0.6) is 0 Å². The molecule has 1 heterocycles. The number of nitrogens with zero attached hydrogens (tertiary/aromatic N) is 2. The zero-order valence-electron chi connectivity index (χ0n) is 15.1. The maximum atomic E-state index is 12.9. The van der Waals surface area contributed by atoms with Crippen LogP contribution >= 0.6 is 11.6 Å². The number of amides is 3. The fraction of sp³-hybridized carbons (Fsp3) is 0.0870. The molecule has 0 N–H and O–H groups in total. The second-order valence-corrected chi connectivity index (χ2v) is 6.85. The predicted molar refractivity (Wildman–Crippen MR) is 110 cm³/mol. The van der Waals surface area contributed by atoms with Crippen molar-refractivity contribution in [3.8, 4) is 11.8 Å². The molecular formula is C23H16ClN2O2+. The molecule has 0 bridgehead atoms. The van der Waals surface area contributed by atoms with Crippen LogP contribution in [-0.2, 0) is 4.79 Å². The molecule has 1 aliphatic heterocycles. The van der Waals surface area contributed by atoms with Gasteiger partial charge in [-0.05, 0) is 36.4 Å². The van der Waals surface area contributed by atoms with E-state index in [4.69, 9.17) is 11.6 Å². The van der Waals surface area contributed by atoms with Crippen molar-refractivity contribution < 1.29 is 14.2 Å². The van der Waals surface area contributed by atoms with Crippen molar-refractivity contribution in [3.05, 3.63) is 89.0 Å². The Labute approximate surface area is 168 Å². The van der Waals surface area contributed by atoms with E-state index in [0.717, 1.165) is 10.5 Å². The highest BCUT2D eigenvalue weighted by Crippen LogP contribution is 2.31. The van der Waals surface area contributed by atoms with Crippen LogP contribution in [0.25, 0.3) is 0 Å². The minimum atomic E-state index is -0.499. The highest BCUT2D eigenvalue weighted by Gasteiger charge is 2.47. The van der Waals surface area contributed by atoms with Crippen LogP contribution in [0.3, 0.4) is 0 Å². The number of carbonyl (C=O) groups is 2. The molecule has 2 aromatic rings. The van der Waals surface area contributed by atoms with Gasteiger partial charge in [0.05, 0.1) is 12.1 Å². The first kappa shape index (κ1) is 18.0. The summed E-state index contributed by atoms with van der Waals surface area (Å²) in [6.45, 7) is 0. The second kappa shape index (κ2) is 7.30. The summed E-state index contributed by atoms with van der Waals surface area (Å²) in [5.41, 5.74) is 2.62. The van der Waals surface area contributed by atoms with E-state index >= 15 is 0 Å². The number of hydrogen-bond donors (Lipinski definition) is 0. The summed E-state index contributed by atoms with van der Waals surface area (Å²) in [7, 11) is 1.65. The third-order valence-corrected chi connectivity index (χ3v) is 4.97. The molecule has 0 spiro atoms. The van der Waals surface area contributed by atoms with Gasteiger partial charge in [-0.3, -0.25) is 0 Å². The molecule has 3 amide bonds. The Bertz CT molecular complexity index is 1130. The molecule has 0 saturated heterocycles. The molecule has 1 unspecified atom stereocenters. The monoisotopic (exact) mass is 387 g/mol. The van der Waals surface area contributed by atoms with E-state index in [1.807, 2.05) is 36.4 Å². The molecule has 0 radical (unpaired) electrons. The number of urea groups is 1. The number of benzene rings is 2. The van der Waals surface area contributed by atoms with Gasteiger partial charge in [0.2, 0.25) is 0 Å². The Morgan fingerprint density at radius 2 is 1.75 bits per heavy atom. The van der Waals surface area contributed by atoms with Crippen LogP contribution in [0.4, 0.5) is 10.5 Å². The standard InChI is InChI=1S/C23H16ClN2O2/c1-25-20-10-6-5-9-18(20)22(27)26(23(25)28)21-14-13-17(15-19(21)24)12-11-16-7-3-2-4-8-16/h2-10,13-15,18H,1H3/q+1. The van der Waals surface area contributed by atoms with E-state index in [2.05, 4.69) is 11.8 Å². The first-order chi connectivity index (χ1) is 13.6. The third kappa shape index (κ3) is 3.17. The van der Waals surface area contributed by atoms with Gasteiger partial charge in [-0.25, -0.2) is 4.79 Å². The average molecular weight is 388 g/mol. The molecule has 1 aliphatic carbocycles. The quantitative estimate of drug-likeness (QED) is 0.547. The third-order valence-electron chi connectivity index (χ3n) is 4.67. The average Bonchev–Trinajstić information content (AvgIpc) is 2.73. The minimum absolute atomic E-state index is 0.300. The van der Waals surface area contributed by atoms with Gasteiger partial charge in [0.25, 0.3) is 0 Å². The molecule has 136 valence electrons. The van der Waals surface area contributed by atoms with Crippen molar-refractivity contribution in [2.24, 2.45) is 5.92 Å². The summed E-state index contributed by atoms with van der Waals surface area (Å²) >= 11 is 6.43. The lowest BCUT2D eigenvalue weighted by molar-refractivity contribution is -0.393. The maximum absolute atomic E-state index is 12.9. The van der Waals surface area contributed by atoms with Crippen LogP contribution in [-0.4, -0.2) is 29.3 Å². The van der Waals surface area contributed by atoms with E-state index in [1.165, 1.54) is 4.58 Å². The topological polar surface area (TPSA) is 40.4 Å². The van der Waals surface area contributed by atoms with Gasteiger partial charge in [0.15, 0.2) is 5.69 Å². The molecule has 0 saturated carbocycles. The number of allylic oxidation sites excluding steroid dienone is 3. The number of carbonyl (C=O) groups excluding carboxylic acids is 2. The second-order valence-electron chi connectivity index (χ2n) is 6.44. The van der Waals surface area contributed by atoms with Gasteiger partial charge in [0, 0.05) is 11.1 Å². The number of imide groups is 1. The molecular weight excluding hydrogens is 372 g/mol. The Kier molecular flexibility index (Phi) is 4.68. The smallest absolute Gasteiger partial charge is 0.245 e. The summed E-state index contributed by atoms with van der Waals surface area (Å²) in [4.78, 5) is 26.9. The molecule has 2 aliphatic rings. The predicted octanol–water partition coefficient (Wildman–Crippen LogP) is 4.03. The molecule has 0 aromatic heterocycles. The van der Waals surface area contributed by atoms with Crippen LogP contribution in [0.2, 0.25) is 5.02 Å². The Hall–Kier alpha value is -3.42. The zero-order valence-corrected chi connectivity index (χ0v) is 15.9. The number of hydrogen-bond acceptors (Lipinski definition) is 2. The zero-order chi connectivity index (χ0) is 19.7. The van der Waals surface area contributed by atoms with Crippen LogP contribution in [0.15, 0.2) is 72.8 Å². The number of fused-ring (bicyclic) bond motifs is 1. The van der Waals surface area contributed by atoms with E-state index in [0.29, 0.717) is 22.0 Å². The summed E-state index contributed by atoms with van der Waals surface area (Å²) in [5, 5.41) is 0.300. The van der Waals surface area contributed by atoms with Crippen LogP contribution in [0.1, 0.15) is 11.1 Å². The molecule has 5 heteroatoms. The molecule has 0 fully saturated rings. The minimum Gasteiger partial charge on any atom is -0.245 e. The molecule has 4 nitrogen and oxygen atoms in total. The van der Waals surface area contributed by atoms with Gasteiger partial charge in [-0.2, -0.15) is 9.37 Å². The molecule has 2 aromatic carbocycles. The van der Waals surface area contributed by atoms with Crippen molar-refractivity contribution in [3.63, 3.8) is 0 Å². The molecule has 28 heavy (non-hydrogen) atoms. The van der Waals surface area contributed by atoms with E-state index in [1.54, 1.807) is 43.5 Å². The normalized spacial score (nSPS) is 18.1. The van der Waals surface area contributed by atoms with E-state index in [9.17, 15) is 9.59 Å². The number of rotatable bonds is 1. The lowest BCUT2D eigenvalue weighted by atomic mass is 9.94. The first-order valence-electron chi connectivity index (χ1n) is 8.76. The van der Waals surface area contributed by atoms with Gasteiger partial charge in [-0.15, -0.1) is 4.90 Å². The van der Waals surface area contributed by atoms with Gasteiger partial charge < -0.3 is 0 Å². The lowest BCUT2D eigenvalue weighted by Crippen LogP contribution is -2.53. The largest absolute Gasteiger partial charge is 0.506 e. The van der Waals surface area contributed by atoms with E-state index < -0.39 is 11.9 Å². The summed E-state index contributed by atoms with van der Waals surface area (Å²) < 4.78 is 1.48. The van der Waals surface area contributed by atoms with Crippen LogP contribution in [0, 0.1) is 17.8 Å². The highest BCUT2D eigenvalue weighted by molar-refractivity contribution is 6.36. The SMILES string of the molecule is C[N+]1=C2C=CC=CC2C(=O)N(c2ccc(C#Cc3ccccc3)cc2Cl)C1=O. The van der Waals surface area contributed by atoms with Crippen molar-refractivity contribution >= 4 is 34.9 Å². The number of halogens is 1. The number of anilines is 1. The summed E-state index contributed by atoms with van der Waals surface area (Å²) in [6, 6.07) is 14.3. The van der Waals surface area contributed by atoms with Crippen molar-refractivity contribution in [1.82, 2.24) is 0 Å². The van der Waals surface area contributed by atoms with E-state index in [-0.39, 0.29) is 5.91 Å². The summed E-state index contributed by atoms with van der Waals surface area (Å²) in [6.07, 6.45) is 7.17. The Balaban J connectivity index is 1.69. The fourth-order valence-electron chi connectivity index (χ4n) is 3.21. The van der Waals surface area contributed by atoms with Crippen molar-refractivity contribution in [2.75, 3.05) is 11.9 Å². The van der Waals surface area contributed by atoms with Gasteiger partial charge in [-0.1, -0.05) is 59.9 Å². The fourth-order valence-corrected chi connectivity index (χ4v) is 3.47. The molecule has 4 rings (SSSR count).